The van der Waals surface area contributed by atoms with Gasteiger partial charge in [0.25, 0.3) is 0 Å². The first kappa shape index (κ1) is 24.0. The summed E-state index contributed by atoms with van der Waals surface area (Å²) in [6.07, 6.45) is 6.97. The smallest absolute Gasteiger partial charge is 0.405 e. The van der Waals surface area contributed by atoms with Crippen LogP contribution in [0, 0.1) is 5.82 Å². The zero-order valence-electron chi connectivity index (χ0n) is 21.5. The Balaban J connectivity index is 1.39. The van der Waals surface area contributed by atoms with Crippen LogP contribution in [0.1, 0.15) is 24.8 Å². The second-order valence-electron chi connectivity index (χ2n) is 10.2. The molecule has 2 N–H and O–H groups in total. The van der Waals surface area contributed by atoms with Crippen molar-refractivity contribution in [2.45, 2.75) is 24.8 Å². The highest BCUT2D eigenvalue weighted by atomic mass is 19.1. The van der Waals surface area contributed by atoms with Gasteiger partial charge < -0.3 is 15.0 Å². The summed E-state index contributed by atoms with van der Waals surface area (Å²) in [5, 5.41) is 21.8. The van der Waals surface area contributed by atoms with Crippen LogP contribution in [0.3, 0.4) is 0 Å². The average molecular weight is 534 g/mol. The first-order chi connectivity index (χ1) is 19.4. The van der Waals surface area contributed by atoms with Crippen molar-refractivity contribution in [3.63, 3.8) is 0 Å². The highest BCUT2D eigenvalue weighted by molar-refractivity contribution is 5.98. The highest BCUT2D eigenvalue weighted by Crippen LogP contribution is 2.42. The van der Waals surface area contributed by atoms with Crippen LogP contribution in [0.4, 0.5) is 9.18 Å². The molecule has 0 atom stereocenters. The molecule has 4 heterocycles. The SMILES string of the molecule is Cn1cnc(-c2nnc3c4cc(-c5ccc(F)cc5)c(-c5ccc(C6(NC(=O)O)CCC6)cc5)nc4ccn23)c1. The molecule has 1 amide bonds. The summed E-state index contributed by atoms with van der Waals surface area (Å²) in [5.41, 5.74) is 5.69. The van der Waals surface area contributed by atoms with Crippen LogP contribution < -0.4 is 5.32 Å². The molecule has 0 radical (unpaired) electrons. The molecule has 0 aliphatic heterocycles. The predicted molar refractivity (Wildman–Crippen MR) is 148 cm³/mol. The van der Waals surface area contributed by atoms with Gasteiger partial charge in [0.05, 0.1) is 23.1 Å². The lowest BCUT2D eigenvalue weighted by molar-refractivity contribution is 0.144. The van der Waals surface area contributed by atoms with E-state index in [1.54, 1.807) is 18.5 Å². The average Bonchev–Trinajstić information content (AvgIpc) is 3.56. The quantitative estimate of drug-likeness (QED) is 0.290. The Labute approximate surface area is 228 Å². The Bertz CT molecular complexity index is 1910. The third kappa shape index (κ3) is 3.87. The van der Waals surface area contributed by atoms with Gasteiger partial charge in [0.2, 0.25) is 0 Å². The van der Waals surface area contributed by atoms with Crippen LogP contribution in [-0.4, -0.2) is 40.3 Å². The van der Waals surface area contributed by atoms with E-state index in [1.165, 1.54) is 12.1 Å². The predicted octanol–water partition coefficient (Wildman–Crippen LogP) is 5.80. The fourth-order valence-corrected chi connectivity index (χ4v) is 5.54. The van der Waals surface area contributed by atoms with Gasteiger partial charge in [0.15, 0.2) is 11.5 Å². The van der Waals surface area contributed by atoms with Crippen LogP contribution >= 0.6 is 0 Å². The maximum atomic E-state index is 13.8. The molecule has 198 valence electrons. The number of imidazole rings is 1. The summed E-state index contributed by atoms with van der Waals surface area (Å²) >= 11 is 0. The van der Waals surface area contributed by atoms with Gasteiger partial charge in [-0.2, -0.15) is 0 Å². The molecule has 1 fully saturated rings. The monoisotopic (exact) mass is 533 g/mol. The molecule has 6 aromatic rings. The van der Waals surface area contributed by atoms with E-state index in [4.69, 9.17) is 4.98 Å². The topological polar surface area (TPSA) is 110 Å². The number of halogens is 1. The van der Waals surface area contributed by atoms with E-state index in [0.717, 1.165) is 58.1 Å². The van der Waals surface area contributed by atoms with Crippen molar-refractivity contribution in [1.29, 1.82) is 0 Å². The number of nitrogens with one attached hydrogen (secondary N) is 1. The van der Waals surface area contributed by atoms with E-state index in [-0.39, 0.29) is 5.82 Å². The van der Waals surface area contributed by atoms with E-state index >= 15 is 0 Å². The summed E-state index contributed by atoms with van der Waals surface area (Å²) in [7, 11) is 1.90. The minimum absolute atomic E-state index is 0.319. The summed E-state index contributed by atoms with van der Waals surface area (Å²) in [6.45, 7) is 0. The van der Waals surface area contributed by atoms with Crippen LogP contribution in [-0.2, 0) is 12.6 Å². The molecule has 7 rings (SSSR count). The molecule has 0 saturated heterocycles. The molecule has 40 heavy (non-hydrogen) atoms. The maximum Gasteiger partial charge on any atom is 0.405 e. The summed E-state index contributed by atoms with van der Waals surface area (Å²) in [6, 6.07) is 18.1. The number of aryl methyl sites for hydroxylation is 1. The number of hydrogen-bond acceptors (Lipinski definition) is 5. The number of rotatable bonds is 5. The second kappa shape index (κ2) is 8.98. The lowest BCUT2D eigenvalue weighted by Gasteiger charge is -2.42. The number of amides is 1. The minimum Gasteiger partial charge on any atom is -0.465 e. The molecule has 9 nitrogen and oxygen atoms in total. The van der Waals surface area contributed by atoms with Crippen molar-refractivity contribution in [3.05, 3.63) is 90.8 Å². The Morgan fingerprint density at radius 1 is 1.02 bits per heavy atom. The van der Waals surface area contributed by atoms with Crippen LogP contribution in [0.2, 0.25) is 0 Å². The van der Waals surface area contributed by atoms with Crippen molar-refractivity contribution < 1.29 is 14.3 Å². The van der Waals surface area contributed by atoms with Crippen molar-refractivity contribution in [1.82, 2.24) is 34.4 Å². The van der Waals surface area contributed by atoms with Gasteiger partial charge in [-0.1, -0.05) is 36.4 Å². The second-order valence-corrected chi connectivity index (χ2v) is 10.2. The maximum absolute atomic E-state index is 13.8. The minimum atomic E-state index is -1.02. The number of carboxylic acid groups (broad SMARTS) is 1. The number of pyridine rings is 2. The molecular formula is C30H24FN7O2. The first-order valence-electron chi connectivity index (χ1n) is 12.9. The fraction of sp³-hybridized carbons (Fsp3) is 0.167. The van der Waals surface area contributed by atoms with Gasteiger partial charge in [0, 0.05) is 36.0 Å². The Morgan fingerprint density at radius 2 is 1.77 bits per heavy atom. The van der Waals surface area contributed by atoms with Crippen LogP contribution in [0.15, 0.2) is 79.4 Å². The van der Waals surface area contributed by atoms with Gasteiger partial charge >= 0.3 is 6.09 Å². The number of fused-ring (bicyclic) bond motifs is 3. The van der Waals surface area contributed by atoms with E-state index in [2.05, 4.69) is 20.5 Å². The third-order valence-corrected chi connectivity index (χ3v) is 7.72. The van der Waals surface area contributed by atoms with Gasteiger partial charge in [0.1, 0.15) is 11.5 Å². The molecular weight excluding hydrogens is 509 g/mol. The van der Waals surface area contributed by atoms with Crippen molar-refractivity contribution in [2.24, 2.45) is 7.05 Å². The Kier molecular flexibility index (Phi) is 5.38. The van der Waals surface area contributed by atoms with Crippen molar-refractivity contribution in [2.75, 3.05) is 0 Å². The van der Waals surface area contributed by atoms with Gasteiger partial charge in [-0.15, -0.1) is 10.2 Å². The first-order valence-corrected chi connectivity index (χ1v) is 12.9. The summed E-state index contributed by atoms with van der Waals surface area (Å²) < 4.78 is 17.6. The molecule has 0 unspecified atom stereocenters. The molecule has 0 spiro atoms. The number of nitrogens with zero attached hydrogens (tertiary/aromatic N) is 6. The highest BCUT2D eigenvalue weighted by Gasteiger charge is 2.40. The lowest BCUT2D eigenvalue weighted by atomic mass is 9.71. The van der Waals surface area contributed by atoms with Gasteiger partial charge in [-0.25, -0.2) is 19.2 Å². The van der Waals surface area contributed by atoms with Crippen LogP contribution in [0.25, 0.3) is 50.5 Å². The van der Waals surface area contributed by atoms with E-state index < -0.39 is 11.6 Å². The number of benzene rings is 2. The number of hydrogen-bond donors (Lipinski definition) is 2. The number of aromatic nitrogens is 6. The Morgan fingerprint density at radius 3 is 2.42 bits per heavy atom. The van der Waals surface area contributed by atoms with E-state index in [0.29, 0.717) is 17.2 Å². The molecule has 0 bridgehead atoms. The molecule has 1 saturated carbocycles. The van der Waals surface area contributed by atoms with Crippen LogP contribution in [0.5, 0.6) is 0 Å². The normalized spacial score (nSPS) is 14.3. The van der Waals surface area contributed by atoms with Crippen molar-refractivity contribution >= 4 is 22.6 Å². The van der Waals surface area contributed by atoms with E-state index in [9.17, 15) is 14.3 Å². The zero-order chi connectivity index (χ0) is 27.4. The molecule has 1 aliphatic carbocycles. The van der Waals surface area contributed by atoms with Gasteiger partial charge in [-0.3, -0.25) is 4.40 Å². The Hall–Kier alpha value is -5.12. The van der Waals surface area contributed by atoms with Crippen molar-refractivity contribution in [3.8, 4) is 33.9 Å². The van der Waals surface area contributed by atoms with E-state index in [1.807, 2.05) is 64.8 Å². The summed E-state index contributed by atoms with van der Waals surface area (Å²) in [5.74, 6) is 0.306. The lowest BCUT2D eigenvalue weighted by Crippen LogP contribution is -2.50. The standard InChI is InChI=1S/C30H24FN7O2/c1-37-16-25(32-17-37)28-36-35-27-23-15-22(18-5-9-21(31)10-6-18)26(33-24(23)11-14-38(27)28)19-3-7-20(8-4-19)30(12-2-13-30)34-29(39)40/h3-11,14-17,34H,2,12-13H2,1H3,(H,39,40). The largest absolute Gasteiger partial charge is 0.465 e. The molecule has 1 aliphatic rings. The summed E-state index contributed by atoms with van der Waals surface area (Å²) in [4.78, 5) is 20.9. The fourth-order valence-electron chi connectivity index (χ4n) is 5.54. The zero-order valence-corrected chi connectivity index (χ0v) is 21.5. The molecule has 2 aromatic carbocycles. The number of carbonyl (C=O) groups is 1. The molecule has 4 aromatic heterocycles. The molecule has 10 heteroatoms. The third-order valence-electron chi connectivity index (χ3n) is 7.72. The van der Waals surface area contributed by atoms with Gasteiger partial charge in [-0.05, 0) is 54.7 Å².